The fourth-order valence-electron chi connectivity index (χ4n) is 2.67. The van der Waals surface area contributed by atoms with E-state index in [1.165, 1.54) is 6.21 Å². The average molecular weight is 470 g/mol. The minimum Gasteiger partial charge on any atom is -0.455 e. The van der Waals surface area contributed by atoms with Crippen LogP contribution in [0.25, 0.3) is 22.6 Å². The molecule has 0 atom stereocenters. The van der Waals surface area contributed by atoms with Crippen LogP contribution in [0.1, 0.15) is 16.3 Å². The summed E-state index contributed by atoms with van der Waals surface area (Å²) in [5, 5.41) is 4.47. The second kappa shape index (κ2) is 8.51. The lowest BCUT2D eigenvalue weighted by Crippen LogP contribution is -2.16. The smallest absolute Gasteiger partial charge is 0.307 e. The van der Waals surface area contributed by atoms with Crippen molar-refractivity contribution in [1.82, 2.24) is 5.43 Å². The highest BCUT2D eigenvalue weighted by Crippen LogP contribution is 2.29. The molecule has 0 radical (unpaired) electrons. The molecule has 7 heteroatoms. The quantitative estimate of drug-likeness (QED) is 0.272. The number of carbonyl (C=O) groups excluding carboxylic acids is 1. The Balaban J connectivity index is 1.41. The molecule has 0 fully saturated rings. The van der Waals surface area contributed by atoms with Crippen molar-refractivity contribution in [3.05, 3.63) is 93.8 Å². The third-order valence-electron chi connectivity index (χ3n) is 4.08. The summed E-state index contributed by atoms with van der Waals surface area (Å²) in [5.74, 6) is 1.39. The molecule has 0 saturated carbocycles. The zero-order valence-electron chi connectivity index (χ0n) is 14.9. The summed E-state index contributed by atoms with van der Waals surface area (Å²) < 4.78 is 12.3. The second-order valence-electron chi connectivity index (χ2n) is 6.05. The number of furan rings is 2. The topological polar surface area (TPSA) is 67.7 Å². The first-order valence-corrected chi connectivity index (χ1v) is 9.81. The molecule has 29 heavy (non-hydrogen) atoms. The predicted molar refractivity (Wildman–Crippen MR) is 116 cm³/mol. The van der Waals surface area contributed by atoms with E-state index in [-0.39, 0.29) is 5.76 Å². The largest absolute Gasteiger partial charge is 0.455 e. The van der Waals surface area contributed by atoms with Crippen molar-refractivity contribution in [3.63, 3.8) is 0 Å². The van der Waals surface area contributed by atoms with E-state index < -0.39 is 5.91 Å². The summed E-state index contributed by atoms with van der Waals surface area (Å²) >= 11 is 9.56. The Hall–Kier alpha value is -3.09. The second-order valence-corrected chi connectivity index (χ2v) is 7.37. The number of hydrogen-bond acceptors (Lipinski definition) is 4. The molecule has 144 valence electrons. The van der Waals surface area contributed by atoms with E-state index in [0.29, 0.717) is 27.9 Å². The Morgan fingerprint density at radius 2 is 1.69 bits per heavy atom. The van der Waals surface area contributed by atoms with Crippen molar-refractivity contribution in [2.75, 3.05) is 0 Å². The summed E-state index contributed by atoms with van der Waals surface area (Å²) in [6.45, 7) is 0. The van der Waals surface area contributed by atoms with Gasteiger partial charge in [0.2, 0.25) is 0 Å². The fraction of sp³-hybridized carbons (Fsp3) is 0. The molecule has 0 unspecified atom stereocenters. The number of hydrogen-bond donors (Lipinski definition) is 1. The third-order valence-corrected chi connectivity index (χ3v) is 4.94. The van der Waals surface area contributed by atoms with Gasteiger partial charge in [-0.25, -0.2) is 5.43 Å². The molecule has 0 saturated heterocycles. The van der Waals surface area contributed by atoms with Crippen LogP contribution in [0.2, 0.25) is 5.02 Å². The highest BCUT2D eigenvalue weighted by atomic mass is 79.9. The highest BCUT2D eigenvalue weighted by molar-refractivity contribution is 9.10. The number of nitrogens with one attached hydrogen (secondary N) is 1. The molecule has 1 amide bonds. The molecule has 0 aliphatic heterocycles. The SMILES string of the molecule is O=C(N/N=C/c1ccc(-c2ccc(Br)cc2)o1)c1ccc(-c2ccccc2Cl)o1. The minimum atomic E-state index is -0.473. The van der Waals surface area contributed by atoms with E-state index in [1.807, 2.05) is 48.5 Å². The summed E-state index contributed by atoms with van der Waals surface area (Å²) in [7, 11) is 0. The van der Waals surface area contributed by atoms with E-state index in [1.54, 1.807) is 24.3 Å². The molecule has 0 aliphatic rings. The van der Waals surface area contributed by atoms with E-state index in [4.69, 9.17) is 20.4 Å². The molecule has 4 aromatic rings. The zero-order chi connectivity index (χ0) is 20.2. The van der Waals surface area contributed by atoms with Crippen LogP contribution < -0.4 is 5.43 Å². The van der Waals surface area contributed by atoms with Gasteiger partial charge in [-0.2, -0.15) is 5.10 Å². The molecular formula is C22H14BrClN2O3. The molecular weight excluding hydrogens is 456 g/mol. The maximum absolute atomic E-state index is 12.2. The molecule has 2 heterocycles. The van der Waals surface area contributed by atoms with Crippen LogP contribution >= 0.6 is 27.5 Å². The van der Waals surface area contributed by atoms with Gasteiger partial charge in [0.15, 0.2) is 5.76 Å². The summed E-state index contributed by atoms with van der Waals surface area (Å²) in [5.41, 5.74) is 4.08. The van der Waals surface area contributed by atoms with Crippen LogP contribution in [0.15, 0.2) is 91.2 Å². The number of carbonyl (C=O) groups is 1. The average Bonchev–Trinajstić information content (AvgIpc) is 3.39. The maximum atomic E-state index is 12.2. The van der Waals surface area contributed by atoms with Crippen LogP contribution in [0, 0.1) is 0 Å². The van der Waals surface area contributed by atoms with Gasteiger partial charge >= 0.3 is 5.91 Å². The third kappa shape index (κ3) is 4.50. The van der Waals surface area contributed by atoms with Crippen LogP contribution in [-0.2, 0) is 0 Å². The van der Waals surface area contributed by atoms with Crippen molar-refractivity contribution in [2.24, 2.45) is 5.10 Å². The standard InChI is InChI=1S/C22H14BrClN2O3/c23-15-7-5-14(6-8-15)19-10-9-16(28-19)13-25-26-22(27)21-12-11-20(29-21)17-3-1-2-4-18(17)24/h1-13H,(H,26,27)/b25-13+. The van der Waals surface area contributed by atoms with Gasteiger partial charge in [-0.05, 0) is 48.5 Å². The number of benzene rings is 2. The fourth-order valence-corrected chi connectivity index (χ4v) is 3.16. The van der Waals surface area contributed by atoms with Crippen molar-refractivity contribution in [3.8, 4) is 22.6 Å². The van der Waals surface area contributed by atoms with Gasteiger partial charge in [-0.1, -0.05) is 51.8 Å². The zero-order valence-corrected chi connectivity index (χ0v) is 17.3. The normalized spacial score (nSPS) is 11.1. The van der Waals surface area contributed by atoms with E-state index >= 15 is 0 Å². The van der Waals surface area contributed by atoms with Crippen LogP contribution in [0.4, 0.5) is 0 Å². The van der Waals surface area contributed by atoms with Gasteiger partial charge in [0.25, 0.3) is 0 Å². The van der Waals surface area contributed by atoms with Gasteiger partial charge in [-0.3, -0.25) is 4.79 Å². The Kier molecular flexibility index (Phi) is 5.64. The molecule has 2 aromatic heterocycles. The number of rotatable bonds is 5. The van der Waals surface area contributed by atoms with E-state index in [9.17, 15) is 4.79 Å². The summed E-state index contributed by atoms with van der Waals surface area (Å²) in [4.78, 5) is 12.2. The van der Waals surface area contributed by atoms with Gasteiger partial charge in [0.1, 0.15) is 17.3 Å². The van der Waals surface area contributed by atoms with Crippen molar-refractivity contribution in [1.29, 1.82) is 0 Å². The number of halogens is 2. The Morgan fingerprint density at radius 1 is 0.931 bits per heavy atom. The van der Waals surface area contributed by atoms with Crippen molar-refractivity contribution < 1.29 is 13.6 Å². The number of hydrazone groups is 1. The van der Waals surface area contributed by atoms with Crippen LogP contribution in [-0.4, -0.2) is 12.1 Å². The Morgan fingerprint density at radius 3 is 2.48 bits per heavy atom. The van der Waals surface area contributed by atoms with Crippen molar-refractivity contribution in [2.45, 2.75) is 0 Å². The lowest BCUT2D eigenvalue weighted by molar-refractivity contribution is 0.0928. The van der Waals surface area contributed by atoms with Crippen LogP contribution in [0.5, 0.6) is 0 Å². The molecule has 0 aliphatic carbocycles. The Bertz CT molecular complexity index is 1180. The summed E-state index contributed by atoms with van der Waals surface area (Å²) in [6.07, 6.45) is 1.43. The lowest BCUT2D eigenvalue weighted by atomic mass is 10.2. The van der Waals surface area contributed by atoms with Gasteiger partial charge in [-0.15, -0.1) is 0 Å². The summed E-state index contributed by atoms with van der Waals surface area (Å²) in [6, 6.07) is 21.9. The molecule has 2 aromatic carbocycles. The molecule has 4 rings (SSSR count). The maximum Gasteiger partial charge on any atom is 0.307 e. The van der Waals surface area contributed by atoms with Gasteiger partial charge < -0.3 is 8.83 Å². The molecule has 1 N–H and O–H groups in total. The number of amides is 1. The molecule has 0 spiro atoms. The monoisotopic (exact) mass is 468 g/mol. The molecule has 0 bridgehead atoms. The highest BCUT2D eigenvalue weighted by Gasteiger charge is 2.13. The number of nitrogens with zero attached hydrogens (tertiary/aromatic N) is 1. The van der Waals surface area contributed by atoms with E-state index in [2.05, 4.69) is 26.5 Å². The first-order valence-electron chi connectivity index (χ1n) is 8.64. The minimum absolute atomic E-state index is 0.132. The van der Waals surface area contributed by atoms with E-state index in [0.717, 1.165) is 10.0 Å². The van der Waals surface area contributed by atoms with Gasteiger partial charge in [0.05, 0.1) is 11.2 Å². The Labute approximate surface area is 180 Å². The first kappa shape index (κ1) is 19.2. The molecule has 5 nitrogen and oxygen atoms in total. The van der Waals surface area contributed by atoms with Gasteiger partial charge in [0, 0.05) is 15.6 Å². The predicted octanol–water partition coefficient (Wildman–Crippen LogP) is 6.39. The first-order chi connectivity index (χ1) is 14.1. The van der Waals surface area contributed by atoms with Crippen LogP contribution in [0.3, 0.4) is 0 Å². The van der Waals surface area contributed by atoms with Crippen molar-refractivity contribution >= 4 is 39.7 Å². The lowest BCUT2D eigenvalue weighted by Gasteiger charge is -1.99.